The van der Waals surface area contributed by atoms with Gasteiger partial charge in [0, 0.05) is 26.0 Å². The van der Waals surface area contributed by atoms with Crippen LogP contribution in [0.3, 0.4) is 0 Å². The molecule has 0 unspecified atom stereocenters. The van der Waals surface area contributed by atoms with E-state index in [0.29, 0.717) is 23.5 Å². The van der Waals surface area contributed by atoms with Gasteiger partial charge in [0.15, 0.2) is 0 Å². The summed E-state index contributed by atoms with van der Waals surface area (Å²) in [5, 5.41) is 6.32. The van der Waals surface area contributed by atoms with E-state index in [-0.39, 0.29) is 5.91 Å². The number of carbonyl (C=O) groups excluding carboxylic acids is 2. The number of hydrogen-bond donors (Lipinski definition) is 3. The van der Waals surface area contributed by atoms with Crippen LogP contribution < -0.4 is 10.7 Å². The van der Waals surface area contributed by atoms with E-state index in [9.17, 15) is 9.59 Å². The molecule has 2 aromatic rings. The van der Waals surface area contributed by atoms with Gasteiger partial charge in [0.25, 0.3) is 5.91 Å². The number of esters is 1. The van der Waals surface area contributed by atoms with Gasteiger partial charge in [0.1, 0.15) is 5.69 Å². The molecule has 0 aliphatic rings. The fourth-order valence-electron chi connectivity index (χ4n) is 2.56. The molecule has 144 valence electrons. The minimum absolute atomic E-state index is 0.239. The highest BCUT2D eigenvalue weighted by molar-refractivity contribution is 7.83. The van der Waals surface area contributed by atoms with Crippen LogP contribution >= 0.6 is 12.6 Å². The molecule has 0 aliphatic heterocycles. The molecule has 7 nitrogen and oxygen atoms in total. The summed E-state index contributed by atoms with van der Waals surface area (Å²) >= 11 is 4.22. The van der Waals surface area contributed by atoms with E-state index in [1.165, 1.54) is 7.11 Å². The number of methoxy groups -OCH3 is 1. The largest absolute Gasteiger partial charge is 0.465 e. The number of carbonyl (C=O) groups is 2. The Kier molecular flexibility index (Phi) is 7.09. The fourth-order valence-corrected chi connectivity index (χ4v) is 2.70. The predicted octanol–water partition coefficient (Wildman–Crippen LogP) is 2.67. The number of rotatable bonds is 7. The van der Waals surface area contributed by atoms with Crippen molar-refractivity contribution in [2.45, 2.75) is 13.5 Å². The maximum atomic E-state index is 12.7. The van der Waals surface area contributed by atoms with Crippen LogP contribution in [0.5, 0.6) is 0 Å². The quantitative estimate of drug-likeness (QED) is 0.386. The Hall–Kier alpha value is -2.71. The van der Waals surface area contributed by atoms with Gasteiger partial charge in [-0.15, -0.1) is 12.6 Å². The summed E-state index contributed by atoms with van der Waals surface area (Å²) in [4.78, 5) is 24.2. The molecule has 1 aromatic heterocycles. The van der Waals surface area contributed by atoms with E-state index in [1.807, 2.05) is 37.8 Å². The van der Waals surface area contributed by atoms with Gasteiger partial charge in [-0.05, 0) is 48.2 Å². The number of allylic oxidation sites excluding steroid dienone is 1. The number of ether oxygens (including phenoxy) is 1. The van der Waals surface area contributed by atoms with Crippen LogP contribution in [0.1, 0.15) is 26.4 Å². The number of hydrogen-bond acceptors (Lipinski definition) is 6. The summed E-state index contributed by atoms with van der Waals surface area (Å²) in [6.45, 7) is 2.40. The summed E-state index contributed by atoms with van der Waals surface area (Å²) in [7, 11) is 5.08. The highest BCUT2D eigenvalue weighted by Crippen LogP contribution is 2.15. The van der Waals surface area contributed by atoms with Crippen LogP contribution in [0.4, 0.5) is 5.69 Å². The van der Waals surface area contributed by atoms with Crippen molar-refractivity contribution in [2.24, 2.45) is 0 Å². The third kappa shape index (κ3) is 5.63. The minimum atomic E-state index is -0.420. The zero-order chi connectivity index (χ0) is 20.0. The third-order valence-corrected chi connectivity index (χ3v) is 4.01. The van der Waals surface area contributed by atoms with Crippen molar-refractivity contribution in [3.05, 3.63) is 64.5 Å². The fraction of sp³-hybridized carbons (Fsp3) is 0.263. The lowest BCUT2D eigenvalue weighted by Gasteiger charge is -2.18. The summed E-state index contributed by atoms with van der Waals surface area (Å²) in [6.07, 6.45) is 1.91. The second-order valence-corrected chi connectivity index (χ2v) is 6.47. The second-order valence-electron chi connectivity index (χ2n) is 6.21. The molecule has 1 heterocycles. The van der Waals surface area contributed by atoms with Gasteiger partial charge in [0.2, 0.25) is 0 Å². The number of anilines is 1. The van der Waals surface area contributed by atoms with Crippen molar-refractivity contribution in [3.8, 4) is 0 Å². The van der Waals surface area contributed by atoms with Crippen molar-refractivity contribution < 1.29 is 14.3 Å². The predicted molar refractivity (Wildman–Crippen MR) is 109 cm³/mol. The minimum Gasteiger partial charge on any atom is -0.465 e. The molecule has 8 heteroatoms. The van der Waals surface area contributed by atoms with Gasteiger partial charge >= 0.3 is 5.97 Å². The van der Waals surface area contributed by atoms with Gasteiger partial charge in [-0.3, -0.25) is 4.79 Å². The van der Waals surface area contributed by atoms with E-state index in [2.05, 4.69) is 28.1 Å². The number of nitrogens with zero attached hydrogens (tertiary/aromatic N) is 2. The average Bonchev–Trinajstić information content (AvgIpc) is 3.01. The molecule has 0 atom stereocenters. The first kappa shape index (κ1) is 20.6. The van der Waals surface area contributed by atoms with Crippen molar-refractivity contribution >= 4 is 30.2 Å². The molecule has 1 amide bonds. The molecular weight excluding hydrogens is 364 g/mol. The van der Waals surface area contributed by atoms with Gasteiger partial charge in [-0.25, -0.2) is 9.80 Å². The normalized spacial score (nSPS) is 11.4. The zero-order valence-electron chi connectivity index (χ0n) is 15.8. The molecule has 0 saturated carbocycles. The van der Waals surface area contributed by atoms with E-state index in [4.69, 9.17) is 0 Å². The number of thiol groups is 1. The molecule has 0 radical (unpaired) electrons. The standard InChI is InChI=1S/C19H24N4O3S/c1-13-9-17(23(10-13)11-16(12-27)21-22(2)3)18(24)20-15-7-5-14(6-8-15)19(25)26-4/h5-10,12,21,27H,11H2,1-4H3,(H,20,24)/b16-12-. The Balaban J connectivity index is 2.16. The van der Waals surface area contributed by atoms with Crippen LogP contribution in [0.2, 0.25) is 0 Å². The maximum Gasteiger partial charge on any atom is 0.337 e. The number of aromatic nitrogens is 1. The molecule has 0 fully saturated rings. The van der Waals surface area contributed by atoms with Crippen molar-refractivity contribution in [1.29, 1.82) is 0 Å². The van der Waals surface area contributed by atoms with Crippen LogP contribution in [-0.2, 0) is 11.3 Å². The van der Waals surface area contributed by atoms with Crippen molar-refractivity contribution in [2.75, 3.05) is 26.5 Å². The first-order chi connectivity index (χ1) is 12.8. The first-order valence-corrected chi connectivity index (χ1v) is 8.79. The van der Waals surface area contributed by atoms with E-state index < -0.39 is 5.97 Å². The number of hydrazine groups is 1. The van der Waals surface area contributed by atoms with E-state index in [0.717, 1.165) is 11.3 Å². The molecule has 1 aromatic carbocycles. The van der Waals surface area contributed by atoms with Crippen molar-refractivity contribution in [3.63, 3.8) is 0 Å². The Morgan fingerprint density at radius 1 is 1.26 bits per heavy atom. The molecule has 27 heavy (non-hydrogen) atoms. The summed E-state index contributed by atoms with van der Waals surface area (Å²) < 4.78 is 6.52. The topological polar surface area (TPSA) is 75.6 Å². The smallest absolute Gasteiger partial charge is 0.337 e. The Bertz CT molecular complexity index is 841. The molecule has 2 rings (SSSR count). The summed E-state index contributed by atoms with van der Waals surface area (Å²) in [5.74, 6) is -0.658. The highest BCUT2D eigenvalue weighted by atomic mass is 32.1. The monoisotopic (exact) mass is 388 g/mol. The SMILES string of the molecule is COC(=O)c1ccc(NC(=O)c2cc(C)cn2C/C(=C/S)NN(C)C)cc1. The third-order valence-electron chi connectivity index (χ3n) is 3.69. The van der Waals surface area contributed by atoms with Crippen LogP contribution in [0.15, 0.2) is 47.6 Å². The lowest BCUT2D eigenvalue weighted by atomic mass is 10.2. The lowest BCUT2D eigenvalue weighted by Crippen LogP contribution is -2.31. The van der Waals surface area contributed by atoms with Gasteiger partial charge in [-0.2, -0.15) is 0 Å². The van der Waals surface area contributed by atoms with Crippen LogP contribution in [-0.4, -0.2) is 42.7 Å². The molecular formula is C19H24N4O3S. The Labute approximate surface area is 164 Å². The molecule has 2 N–H and O–H groups in total. The number of amides is 1. The average molecular weight is 388 g/mol. The second kappa shape index (κ2) is 9.29. The van der Waals surface area contributed by atoms with E-state index in [1.54, 1.807) is 34.7 Å². The lowest BCUT2D eigenvalue weighted by molar-refractivity contribution is 0.0600. The maximum absolute atomic E-state index is 12.7. The molecule has 0 saturated heterocycles. The Morgan fingerprint density at radius 2 is 1.93 bits per heavy atom. The van der Waals surface area contributed by atoms with Gasteiger partial charge in [-0.1, -0.05) is 0 Å². The molecule has 0 spiro atoms. The zero-order valence-corrected chi connectivity index (χ0v) is 16.7. The summed E-state index contributed by atoms with van der Waals surface area (Å²) in [6, 6.07) is 8.36. The molecule has 0 bridgehead atoms. The van der Waals surface area contributed by atoms with Crippen LogP contribution in [0.25, 0.3) is 0 Å². The van der Waals surface area contributed by atoms with Crippen LogP contribution in [0, 0.1) is 6.92 Å². The van der Waals surface area contributed by atoms with Gasteiger partial charge in [0.05, 0.1) is 24.9 Å². The molecule has 0 aliphatic carbocycles. The summed E-state index contributed by atoms with van der Waals surface area (Å²) in [5.41, 5.74) is 6.51. The highest BCUT2D eigenvalue weighted by Gasteiger charge is 2.14. The van der Waals surface area contributed by atoms with E-state index >= 15 is 0 Å². The first-order valence-electron chi connectivity index (χ1n) is 8.27. The van der Waals surface area contributed by atoms with Gasteiger partial charge < -0.3 is 20.0 Å². The number of benzene rings is 1. The van der Waals surface area contributed by atoms with Crippen molar-refractivity contribution in [1.82, 2.24) is 15.0 Å². The number of nitrogens with one attached hydrogen (secondary N) is 2. The number of aryl methyl sites for hydroxylation is 1. The Morgan fingerprint density at radius 3 is 2.48 bits per heavy atom.